The summed E-state index contributed by atoms with van der Waals surface area (Å²) in [6, 6.07) is 9.37. The van der Waals surface area contributed by atoms with E-state index in [0.29, 0.717) is 32.8 Å². The fourth-order valence-electron chi connectivity index (χ4n) is 2.66. The molecule has 1 aromatic heterocycles. The van der Waals surface area contributed by atoms with Gasteiger partial charge in [0, 0.05) is 10.7 Å². The predicted octanol–water partition coefficient (Wildman–Crippen LogP) is 3.50. The van der Waals surface area contributed by atoms with Crippen LogP contribution in [0.2, 0.25) is 5.02 Å². The summed E-state index contributed by atoms with van der Waals surface area (Å²) in [6.07, 6.45) is 1.84. The van der Waals surface area contributed by atoms with Crippen LogP contribution in [0.3, 0.4) is 0 Å². The summed E-state index contributed by atoms with van der Waals surface area (Å²) >= 11 is 7.31. The van der Waals surface area contributed by atoms with Crippen LogP contribution in [-0.2, 0) is 0 Å². The average molecular weight is 345 g/mol. The Balaban J connectivity index is 2.27. The second kappa shape index (κ2) is 6.11. The summed E-state index contributed by atoms with van der Waals surface area (Å²) in [5.41, 5.74) is 2.24. The lowest BCUT2D eigenvalue weighted by molar-refractivity contribution is 0.838. The number of benzene rings is 1. The molecule has 0 saturated heterocycles. The highest BCUT2D eigenvalue weighted by atomic mass is 35.5. The van der Waals surface area contributed by atoms with Crippen molar-refractivity contribution in [2.75, 3.05) is 11.6 Å². The van der Waals surface area contributed by atoms with Crippen molar-refractivity contribution in [2.45, 2.75) is 18.0 Å². The van der Waals surface area contributed by atoms with Gasteiger partial charge in [-0.2, -0.15) is 5.26 Å². The molecule has 1 aromatic carbocycles. The van der Waals surface area contributed by atoms with Crippen molar-refractivity contribution < 1.29 is 0 Å². The third-order valence-corrected chi connectivity index (χ3v) is 4.57. The highest BCUT2D eigenvalue weighted by Crippen LogP contribution is 2.39. The first-order chi connectivity index (χ1) is 11.0. The van der Waals surface area contributed by atoms with E-state index in [1.165, 1.54) is 11.8 Å². The quantitative estimate of drug-likeness (QED) is 0.643. The maximum absolute atomic E-state index is 12.6. The number of anilines is 1. The van der Waals surface area contributed by atoms with Gasteiger partial charge < -0.3 is 10.3 Å². The molecule has 1 atom stereocenters. The van der Waals surface area contributed by atoms with E-state index in [4.69, 9.17) is 11.6 Å². The molecule has 2 N–H and O–H groups in total. The van der Waals surface area contributed by atoms with Crippen LogP contribution in [0.1, 0.15) is 24.0 Å². The first-order valence-corrected chi connectivity index (χ1v) is 8.47. The second-order valence-electron chi connectivity index (χ2n) is 5.10. The summed E-state index contributed by atoms with van der Waals surface area (Å²) in [7, 11) is 0. The highest BCUT2D eigenvalue weighted by Gasteiger charge is 2.32. The first kappa shape index (κ1) is 15.7. The third kappa shape index (κ3) is 2.74. The number of rotatable bonds is 2. The van der Waals surface area contributed by atoms with E-state index in [0.717, 1.165) is 5.56 Å². The molecule has 23 heavy (non-hydrogen) atoms. The second-order valence-corrected chi connectivity index (χ2v) is 6.33. The van der Waals surface area contributed by atoms with E-state index in [1.54, 1.807) is 12.1 Å². The Labute approximate surface area is 142 Å². The van der Waals surface area contributed by atoms with E-state index in [9.17, 15) is 10.1 Å². The molecule has 2 heterocycles. The van der Waals surface area contributed by atoms with Crippen LogP contribution < -0.4 is 10.9 Å². The molecule has 1 unspecified atom stereocenters. The molecule has 1 aliphatic rings. The summed E-state index contributed by atoms with van der Waals surface area (Å²) in [6.45, 7) is 1.81. The van der Waals surface area contributed by atoms with Crippen molar-refractivity contribution in [1.82, 2.24) is 9.97 Å². The Bertz CT molecular complexity index is 896. The minimum atomic E-state index is -0.458. The number of allylic oxidation sites excluding steroid dienone is 2. The monoisotopic (exact) mass is 344 g/mol. The zero-order chi connectivity index (χ0) is 16.6. The molecule has 0 bridgehead atoms. The number of thioether (sulfide) groups is 1. The topological polar surface area (TPSA) is 81.6 Å². The molecule has 0 aliphatic carbocycles. The molecule has 0 fully saturated rings. The lowest BCUT2D eigenvalue weighted by atomic mass is 9.83. The van der Waals surface area contributed by atoms with Gasteiger partial charge in [0.25, 0.3) is 5.56 Å². The third-order valence-electron chi connectivity index (χ3n) is 3.74. The normalized spacial score (nSPS) is 16.5. The van der Waals surface area contributed by atoms with Gasteiger partial charge in [0.2, 0.25) is 0 Å². The Kier molecular flexibility index (Phi) is 4.16. The van der Waals surface area contributed by atoms with Gasteiger partial charge in [-0.3, -0.25) is 4.79 Å². The highest BCUT2D eigenvalue weighted by molar-refractivity contribution is 7.98. The van der Waals surface area contributed by atoms with E-state index in [-0.39, 0.29) is 5.56 Å². The van der Waals surface area contributed by atoms with Gasteiger partial charge in [-0.15, -0.1) is 0 Å². The number of nitrogens with zero attached hydrogens (tertiary/aromatic N) is 2. The van der Waals surface area contributed by atoms with Gasteiger partial charge in [0.15, 0.2) is 5.16 Å². The largest absolute Gasteiger partial charge is 0.343 e. The summed E-state index contributed by atoms with van der Waals surface area (Å²) < 4.78 is 0. The molecule has 0 amide bonds. The number of halogens is 1. The fraction of sp³-hybridized carbons (Fsp3) is 0.188. The Morgan fingerprint density at radius 1 is 1.35 bits per heavy atom. The summed E-state index contributed by atoms with van der Waals surface area (Å²) in [5, 5.41) is 13.8. The van der Waals surface area contributed by atoms with Crippen molar-refractivity contribution >= 4 is 29.2 Å². The molecular weight excluding hydrogens is 332 g/mol. The molecule has 2 aromatic rings. The number of H-pyrrole nitrogens is 1. The fourth-order valence-corrected chi connectivity index (χ4v) is 3.17. The van der Waals surface area contributed by atoms with Gasteiger partial charge in [-0.25, -0.2) is 4.98 Å². The van der Waals surface area contributed by atoms with E-state index in [1.807, 2.05) is 25.3 Å². The molecule has 0 radical (unpaired) electrons. The molecule has 7 heteroatoms. The van der Waals surface area contributed by atoms with Gasteiger partial charge in [-0.1, -0.05) is 35.5 Å². The van der Waals surface area contributed by atoms with E-state index in [2.05, 4.69) is 21.4 Å². The van der Waals surface area contributed by atoms with Gasteiger partial charge >= 0.3 is 0 Å². The Morgan fingerprint density at radius 2 is 2.04 bits per heavy atom. The van der Waals surface area contributed by atoms with Crippen LogP contribution in [-0.4, -0.2) is 16.2 Å². The number of nitrogens with one attached hydrogen (secondary N) is 2. The maximum Gasteiger partial charge on any atom is 0.257 e. The Hall–Kier alpha value is -2.23. The number of hydrogen-bond donors (Lipinski definition) is 2. The molecule has 116 valence electrons. The molecule has 3 rings (SSSR count). The average Bonchev–Trinajstić information content (AvgIpc) is 2.54. The molecule has 0 saturated carbocycles. The smallest absolute Gasteiger partial charge is 0.257 e. The van der Waals surface area contributed by atoms with Crippen molar-refractivity contribution in [3.8, 4) is 6.07 Å². The number of nitriles is 1. The van der Waals surface area contributed by atoms with Crippen LogP contribution in [0, 0.1) is 11.3 Å². The van der Waals surface area contributed by atoms with Crippen molar-refractivity contribution in [1.29, 1.82) is 5.26 Å². The molecule has 5 nitrogen and oxygen atoms in total. The number of fused-ring (bicyclic) bond motifs is 1. The van der Waals surface area contributed by atoms with Crippen LogP contribution in [0.5, 0.6) is 0 Å². The van der Waals surface area contributed by atoms with Gasteiger partial charge in [0.1, 0.15) is 5.82 Å². The van der Waals surface area contributed by atoms with Crippen molar-refractivity contribution in [2.24, 2.45) is 0 Å². The van der Waals surface area contributed by atoms with Crippen molar-refractivity contribution in [3.63, 3.8) is 0 Å². The molecule has 0 spiro atoms. The van der Waals surface area contributed by atoms with Gasteiger partial charge in [-0.05, 0) is 30.9 Å². The van der Waals surface area contributed by atoms with E-state index >= 15 is 0 Å². The van der Waals surface area contributed by atoms with Crippen LogP contribution in [0.15, 0.2) is 45.5 Å². The number of aromatic amines is 1. The Morgan fingerprint density at radius 3 is 2.65 bits per heavy atom. The summed E-state index contributed by atoms with van der Waals surface area (Å²) in [5.74, 6) is 0.0372. The lowest BCUT2D eigenvalue weighted by Crippen LogP contribution is -2.27. The van der Waals surface area contributed by atoms with E-state index < -0.39 is 5.92 Å². The standard InChI is InChI=1S/C16H13ClN4OS/c1-8-11(7-18)12(9-3-5-10(17)6-4-9)13-14(19-8)20-16(23-2)21-15(13)22/h3-6,12H,1-2H3,(H2,19,20,21,22). The SMILES string of the molecule is CSc1nc2c(c(=O)[nH]1)C(c1ccc(Cl)cc1)C(C#N)=C(C)N2. The minimum absolute atomic E-state index is 0.243. The zero-order valence-corrected chi connectivity index (χ0v) is 14.0. The van der Waals surface area contributed by atoms with Crippen LogP contribution in [0.4, 0.5) is 5.82 Å². The molecule has 1 aliphatic heterocycles. The minimum Gasteiger partial charge on any atom is -0.343 e. The molecular formula is C16H13ClN4OS. The first-order valence-electron chi connectivity index (χ1n) is 6.86. The number of aromatic nitrogens is 2. The summed E-state index contributed by atoms with van der Waals surface area (Å²) in [4.78, 5) is 19.7. The van der Waals surface area contributed by atoms with Crippen molar-refractivity contribution in [3.05, 3.63) is 62.0 Å². The zero-order valence-electron chi connectivity index (χ0n) is 12.5. The van der Waals surface area contributed by atoms with Gasteiger partial charge in [0.05, 0.1) is 23.1 Å². The predicted molar refractivity (Wildman–Crippen MR) is 91.9 cm³/mol. The lowest BCUT2D eigenvalue weighted by Gasteiger charge is -2.26. The van der Waals surface area contributed by atoms with Crippen LogP contribution in [0.25, 0.3) is 0 Å². The maximum atomic E-state index is 12.6. The van der Waals surface area contributed by atoms with Crippen LogP contribution >= 0.6 is 23.4 Å². The number of hydrogen-bond acceptors (Lipinski definition) is 5.